The number of aromatic nitrogens is 2. The van der Waals surface area contributed by atoms with Gasteiger partial charge < -0.3 is 5.32 Å². The summed E-state index contributed by atoms with van der Waals surface area (Å²) < 4.78 is 3.94. The SMILES string of the molecule is CNC(c1cccc(CC(C)C)c1)c1csnn1. The molecule has 0 aliphatic heterocycles. The van der Waals surface area contributed by atoms with Gasteiger partial charge in [-0.2, -0.15) is 0 Å². The third kappa shape index (κ3) is 3.15. The molecule has 0 fully saturated rings. The van der Waals surface area contributed by atoms with Gasteiger partial charge in [0, 0.05) is 5.38 Å². The van der Waals surface area contributed by atoms with Gasteiger partial charge in [-0.25, -0.2) is 0 Å². The highest BCUT2D eigenvalue weighted by Gasteiger charge is 2.14. The van der Waals surface area contributed by atoms with Gasteiger partial charge in [-0.1, -0.05) is 42.6 Å². The van der Waals surface area contributed by atoms with Crippen LogP contribution in [0.1, 0.15) is 36.7 Å². The molecule has 0 aliphatic carbocycles. The van der Waals surface area contributed by atoms with Crippen molar-refractivity contribution in [3.05, 3.63) is 46.5 Å². The van der Waals surface area contributed by atoms with Crippen molar-refractivity contribution in [2.24, 2.45) is 5.92 Å². The van der Waals surface area contributed by atoms with Crippen LogP contribution in [0.25, 0.3) is 0 Å². The Labute approximate surface area is 112 Å². The lowest BCUT2D eigenvalue weighted by atomic mass is 9.97. The number of nitrogens with one attached hydrogen (secondary N) is 1. The van der Waals surface area contributed by atoms with E-state index in [1.807, 2.05) is 12.4 Å². The fraction of sp³-hybridized carbons (Fsp3) is 0.429. The summed E-state index contributed by atoms with van der Waals surface area (Å²) in [4.78, 5) is 0. The Bertz CT molecular complexity index is 480. The molecule has 1 aromatic carbocycles. The van der Waals surface area contributed by atoms with Crippen LogP contribution < -0.4 is 5.32 Å². The second kappa shape index (κ2) is 6.07. The molecule has 0 spiro atoms. The van der Waals surface area contributed by atoms with Gasteiger partial charge in [0.1, 0.15) is 0 Å². The van der Waals surface area contributed by atoms with Crippen molar-refractivity contribution in [3.63, 3.8) is 0 Å². The molecule has 18 heavy (non-hydrogen) atoms. The van der Waals surface area contributed by atoms with Crippen LogP contribution in [0.4, 0.5) is 0 Å². The first-order valence-electron chi connectivity index (χ1n) is 6.23. The average molecular weight is 261 g/mol. The predicted octanol–water partition coefficient (Wildman–Crippen LogP) is 3.05. The molecule has 1 N–H and O–H groups in total. The molecule has 2 aromatic rings. The van der Waals surface area contributed by atoms with Gasteiger partial charge >= 0.3 is 0 Å². The van der Waals surface area contributed by atoms with Crippen molar-refractivity contribution < 1.29 is 0 Å². The van der Waals surface area contributed by atoms with E-state index in [9.17, 15) is 0 Å². The van der Waals surface area contributed by atoms with E-state index < -0.39 is 0 Å². The van der Waals surface area contributed by atoms with Crippen LogP contribution in [0.15, 0.2) is 29.6 Å². The first-order chi connectivity index (χ1) is 8.70. The predicted molar refractivity (Wildman–Crippen MR) is 75.8 cm³/mol. The van der Waals surface area contributed by atoms with E-state index in [-0.39, 0.29) is 6.04 Å². The van der Waals surface area contributed by atoms with Gasteiger partial charge in [0.2, 0.25) is 0 Å². The maximum atomic E-state index is 4.16. The summed E-state index contributed by atoms with van der Waals surface area (Å²) in [5.74, 6) is 0.675. The van der Waals surface area contributed by atoms with Gasteiger partial charge in [-0.15, -0.1) is 5.10 Å². The second-order valence-corrected chi connectivity index (χ2v) is 5.50. The van der Waals surface area contributed by atoms with E-state index >= 15 is 0 Å². The molecule has 3 nitrogen and oxygen atoms in total. The zero-order valence-electron chi connectivity index (χ0n) is 11.1. The Kier molecular flexibility index (Phi) is 4.44. The molecule has 1 aromatic heterocycles. The molecule has 0 aliphatic rings. The highest BCUT2D eigenvalue weighted by atomic mass is 32.1. The zero-order chi connectivity index (χ0) is 13.0. The maximum absolute atomic E-state index is 4.16. The number of hydrogen-bond acceptors (Lipinski definition) is 4. The summed E-state index contributed by atoms with van der Waals surface area (Å²) >= 11 is 1.39. The number of nitrogens with zero attached hydrogens (tertiary/aromatic N) is 2. The highest BCUT2D eigenvalue weighted by molar-refractivity contribution is 7.03. The van der Waals surface area contributed by atoms with Gasteiger partial charge in [-0.05, 0) is 42.0 Å². The quantitative estimate of drug-likeness (QED) is 0.899. The highest BCUT2D eigenvalue weighted by Crippen LogP contribution is 2.22. The van der Waals surface area contributed by atoms with E-state index in [4.69, 9.17) is 0 Å². The van der Waals surface area contributed by atoms with Crippen molar-refractivity contribution >= 4 is 11.5 Å². The summed E-state index contributed by atoms with van der Waals surface area (Å²) in [6.07, 6.45) is 1.11. The fourth-order valence-corrected chi connectivity index (χ4v) is 2.63. The molecule has 0 saturated carbocycles. The normalized spacial score (nSPS) is 12.9. The van der Waals surface area contributed by atoms with E-state index in [1.165, 1.54) is 22.7 Å². The topological polar surface area (TPSA) is 37.8 Å². The molecule has 4 heteroatoms. The number of rotatable bonds is 5. The Morgan fingerprint density at radius 2 is 2.17 bits per heavy atom. The van der Waals surface area contributed by atoms with Gasteiger partial charge in [-0.3, -0.25) is 0 Å². The van der Waals surface area contributed by atoms with Crippen LogP contribution >= 0.6 is 11.5 Å². The van der Waals surface area contributed by atoms with Crippen LogP contribution in [0, 0.1) is 5.92 Å². The van der Waals surface area contributed by atoms with Crippen molar-refractivity contribution in [3.8, 4) is 0 Å². The largest absolute Gasteiger partial charge is 0.308 e. The smallest absolute Gasteiger partial charge is 0.0970 e. The molecular formula is C14H19N3S. The monoisotopic (exact) mass is 261 g/mol. The number of benzene rings is 1. The summed E-state index contributed by atoms with van der Waals surface area (Å²) in [7, 11) is 1.96. The Morgan fingerprint density at radius 3 is 2.78 bits per heavy atom. The minimum Gasteiger partial charge on any atom is -0.308 e. The van der Waals surface area contributed by atoms with E-state index in [2.05, 4.69) is 53.0 Å². The summed E-state index contributed by atoms with van der Waals surface area (Å²) in [6, 6.07) is 8.85. The van der Waals surface area contributed by atoms with Crippen LogP contribution in [0.5, 0.6) is 0 Å². The lowest BCUT2D eigenvalue weighted by molar-refractivity contribution is 0.640. The Balaban J connectivity index is 2.26. The first kappa shape index (κ1) is 13.2. The molecule has 1 atom stereocenters. The minimum atomic E-state index is 0.135. The minimum absolute atomic E-state index is 0.135. The van der Waals surface area contributed by atoms with E-state index in [0.29, 0.717) is 5.92 Å². The number of hydrogen-bond donors (Lipinski definition) is 1. The molecule has 0 bridgehead atoms. The molecule has 96 valence electrons. The van der Waals surface area contributed by atoms with Crippen molar-refractivity contribution in [2.45, 2.75) is 26.3 Å². The lowest BCUT2D eigenvalue weighted by Crippen LogP contribution is -2.18. The fourth-order valence-electron chi connectivity index (χ4n) is 2.15. The standard InChI is InChI=1S/C14H19N3S/c1-10(2)7-11-5-4-6-12(8-11)14(15-3)13-9-18-17-16-13/h4-6,8-10,14-15H,7H2,1-3H3. The molecule has 0 radical (unpaired) electrons. The zero-order valence-corrected chi connectivity index (χ0v) is 11.9. The molecule has 0 amide bonds. The van der Waals surface area contributed by atoms with Crippen LogP contribution in [0.3, 0.4) is 0 Å². The molecule has 2 rings (SSSR count). The van der Waals surface area contributed by atoms with Gasteiger partial charge in [0.15, 0.2) is 0 Å². The molecule has 1 unspecified atom stereocenters. The van der Waals surface area contributed by atoms with Gasteiger partial charge in [0.05, 0.1) is 11.7 Å². The average Bonchev–Trinajstić information content (AvgIpc) is 2.83. The summed E-state index contributed by atoms with van der Waals surface area (Å²) in [5, 5.41) is 9.46. The Morgan fingerprint density at radius 1 is 1.33 bits per heavy atom. The maximum Gasteiger partial charge on any atom is 0.0970 e. The van der Waals surface area contributed by atoms with Crippen LogP contribution in [-0.4, -0.2) is 16.6 Å². The molecule has 0 saturated heterocycles. The third-order valence-corrected chi connectivity index (χ3v) is 3.41. The Hall–Kier alpha value is -1.26. The van der Waals surface area contributed by atoms with Crippen LogP contribution in [0.2, 0.25) is 0 Å². The lowest BCUT2D eigenvalue weighted by Gasteiger charge is -2.15. The second-order valence-electron chi connectivity index (χ2n) is 4.89. The van der Waals surface area contributed by atoms with Crippen molar-refractivity contribution in [1.29, 1.82) is 0 Å². The third-order valence-electron chi connectivity index (χ3n) is 2.89. The molecular weight excluding hydrogens is 242 g/mol. The summed E-state index contributed by atoms with van der Waals surface area (Å²) in [6.45, 7) is 4.49. The van der Waals surface area contributed by atoms with E-state index in [1.54, 1.807) is 0 Å². The van der Waals surface area contributed by atoms with Crippen LogP contribution in [-0.2, 0) is 6.42 Å². The summed E-state index contributed by atoms with van der Waals surface area (Å²) in [5.41, 5.74) is 3.62. The molecule has 1 heterocycles. The van der Waals surface area contributed by atoms with Gasteiger partial charge in [0.25, 0.3) is 0 Å². The van der Waals surface area contributed by atoms with Crippen molar-refractivity contribution in [2.75, 3.05) is 7.05 Å². The first-order valence-corrected chi connectivity index (χ1v) is 7.07. The van der Waals surface area contributed by atoms with E-state index in [0.717, 1.165) is 12.1 Å². The van der Waals surface area contributed by atoms with Crippen molar-refractivity contribution in [1.82, 2.24) is 14.9 Å².